The summed E-state index contributed by atoms with van der Waals surface area (Å²) >= 11 is 0. The van der Waals surface area contributed by atoms with Crippen molar-refractivity contribution < 1.29 is 32.9 Å². The number of aliphatic hydroxyl groups excluding tert-OH is 1. The smallest absolute Gasteiger partial charge is 0.391 e. The van der Waals surface area contributed by atoms with Crippen molar-refractivity contribution in [3.05, 3.63) is 85.1 Å². The molecule has 0 aromatic heterocycles. The van der Waals surface area contributed by atoms with Gasteiger partial charge in [-0.2, -0.15) is 0 Å². The third kappa shape index (κ3) is 45.7. The summed E-state index contributed by atoms with van der Waals surface area (Å²) in [5.41, 5.74) is 0. The topological polar surface area (TPSA) is 105 Å². The number of rotatable bonds is 44. The number of phosphoric acid groups is 1. The van der Waals surface area contributed by atoms with Gasteiger partial charge in [0.15, 0.2) is 0 Å². The lowest BCUT2D eigenvalue weighted by atomic mass is 10.0. The Kier molecular flexibility index (Phi) is 42.3. The number of phosphoric ester groups is 1. The second-order valence-electron chi connectivity index (χ2n) is 17.8. The van der Waals surface area contributed by atoms with Gasteiger partial charge in [0.25, 0.3) is 0 Å². The van der Waals surface area contributed by atoms with Gasteiger partial charge >= 0.3 is 7.82 Å². The van der Waals surface area contributed by atoms with E-state index in [0.717, 1.165) is 89.9 Å². The van der Waals surface area contributed by atoms with Crippen molar-refractivity contribution in [2.24, 2.45) is 0 Å². The average molecular weight is 888 g/mol. The molecule has 3 unspecified atom stereocenters. The number of aliphatic hydroxyl groups is 1. The van der Waals surface area contributed by atoms with Gasteiger partial charge in [0.1, 0.15) is 13.2 Å². The summed E-state index contributed by atoms with van der Waals surface area (Å²) in [7, 11) is 1.60. The van der Waals surface area contributed by atoms with E-state index in [1.165, 1.54) is 77.0 Å². The molecule has 62 heavy (non-hydrogen) atoms. The van der Waals surface area contributed by atoms with Gasteiger partial charge in [-0.25, -0.2) is 4.57 Å². The summed E-state index contributed by atoms with van der Waals surface area (Å²) in [6.07, 6.45) is 60.6. The minimum absolute atomic E-state index is 0.0692. The van der Waals surface area contributed by atoms with Gasteiger partial charge in [0.2, 0.25) is 5.91 Å². The van der Waals surface area contributed by atoms with Crippen LogP contribution in [-0.2, 0) is 18.4 Å². The minimum atomic E-state index is -4.32. The summed E-state index contributed by atoms with van der Waals surface area (Å²) in [6, 6.07) is -0.767. The molecule has 0 saturated carbocycles. The van der Waals surface area contributed by atoms with Gasteiger partial charge in [-0.15, -0.1) is 0 Å². The molecule has 0 aromatic rings. The molecule has 0 aliphatic heterocycles. The van der Waals surface area contributed by atoms with Crippen LogP contribution in [0, 0.1) is 0 Å². The molecule has 0 aliphatic rings. The molecule has 1 amide bonds. The van der Waals surface area contributed by atoms with Crippen LogP contribution in [0.1, 0.15) is 194 Å². The van der Waals surface area contributed by atoms with Gasteiger partial charge in [-0.3, -0.25) is 13.8 Å². The number of quaternary nitrogens is 1. The number of carbonyl (C=O) groups is 1. The fraction of sp³-hybridized carbons (Fsp3) is 0.717. The highest BCUT2D eigenvalue weighted by Crippen LogP contribution is 2.43. The summed E-state index contributed by atoms with van der Waals surface area (Å²) in [4.78, 5) is 23.1. The minimum Gasteiger partial charge on any atom is -0.391 e. The molecule has 0 bridgehead atoms. The second-order valence-corrected chi connectivity index (χ2v) is 19.3. The maximum absolute atomic E-state index is 12.9. The van der Waals surface area contributed by atoms with E-state index < -0.39 is 20.0 Å². The Morgan fingerprint density at radius 3 is 1.42 bits per heavy atom. The number of hydrogen-bond donors (Lipinski definition) is 3. The number of likely N-dealkylation sites (N-methyl/N-ethyl adjacent to an activating group) is 1. The maximum Gasteiger partial charge on any atom is 0.472 e. The molecule has 358 valence electrons. The summed E-state index contributed by atoms with van der Waals surface area (Å²) in [6.45, 7) is 4.73. The number of amides is 1. The molecule has 0 saturated heterocycles. The summed E-state index contributed by atoms with van der Waals surface area (Å²) in [5, 5.41) is 13.9. The van der Waals surface area contributed by atoms with Crippen LogP contribution < -0.4 is 5.32 Å². The first-order valence-electron chi connectivity index (χ1n) is 25.0. The highest BCUT2D eigenvalue weighted by atomic mass is 31.2. The number of allylic oxidation sites excluding steroid dienone is 14. The molecule has 3 N–H and O–H groups in total. The fourth-order valence-corrected chi connectivity index (χ4v) is 7.47. The number of nitrogens with one attached hydrogen (secondary N) is 1. The molecule has 0 aliphatic carbocycles. The third-order valence-electron chi connectivity index (χ3n) is 10.7. The number of nitrogens with zero attached hydrogens (tertiary/aromatic N) is 1. The Morgan fingerprint density at radius 1 is 0.565 bits per heavy atom. The van der Waals surface area contributed by atoms with E-state index in [9.17, 15) is 19.4 Å². The van der Waals surface area contributed by atoms with Gasteiger partial charge in [0, 0.05) is 6.42 Å². The van der Waals surface area contributed by atoms with E-state index in [0.29, 0.717) is 23.9 Å². The van der Waals surface area contributed by atoms with E-state index >= 15 is 0 Å². The molecular weight excluding hydrogens is 792 g/mol. The lowest BCUT2D eigenvalue weighted by Crippen LogP contribution is -2.46. The van der Waals surface area contributed by atoms with Gasteiger partial charge in [-0.1, -0.05) is 202 Å². The molecule has 9 heteroatoms. The van der Waals surface area contributed by atoms with Crippen molar-refractivity contribution in [2.75, 3.05) is 40.9 Å². The molecule has 0 radical (unpaired) electrons. The van der Waals surface area contributed by atoms with Crippen LogP contribution in [0.4, 0.5) is 0 Å². The lowest BCUT2D eigenvalue weighted by molar-refractivity contribution is -0.870. The number of hydrogen-bond acceptors (Lipinski definition) is 5. The Morgan fingerprint density at radius 2 is 0.968 bits per heavy atom. The van der Waals surface area contributed by atoms with Gasteiger partial charge in [0.05, 0.1) is 39.9 Å². The quantitative estimate of drug-likeness (QED) is 0.0244. The van der Waals surface area contributed by atoms with Crippen LogP contribution >= 0.6 is 7.82 Å². The van der Waals surface area contributed by atoms with E-state index in [1.54, 1.807) is 0 Å². The fourth-order valence-electron chi connectivity index (χ4n) is 6.73. The predicted molar refractivity (Wildman–Crippen MR) is 267 cm³/mol. The Balaban J connectivity index is 4.11. The molecular formula is C53H96N2O6P+. The first-order valence-corrected chi connectivity index (χ1v) is 26.4. The third-order valence-corrected chi connectivity index (χ3v) is 11.6. The summed E-state index contributed by atoms with van der Waals surface area (Å²) in [5.74, 6) is -0.158. The highest BCUT2D eigenvalue weighted by molar-refractivity contribution is 7.47. The standard InChI is InChI=1S/C53H95N2O6P/c1-6-8-10-12-14-16-17-18-19-20-21-22-23-24-25-26-27-28-29-30-31-32-33-34-35-36-37-39-41-43-45-47-53(57)54-51(50-61-62(58,59)60-49-48-55(3,4)5)52(56)46-44-42-40-38-15-13-11-9-7-2/h8,10,14,16,18-19,21-22,24-25,27-28,30-31,51-52,56H,6-7,9,11-13,15,17,20,23,26,29,32-50H2,1-5H3,(H-,54,57,58,59)/p+1/b10-8-,16-14-,19-18-,22-21-,25-24-,28-27-,31-30-. The van der Waals surface area contributed by atoms with Crippen molar-refractivity contribution in [1.82, 2.24) is 5.32 Å². The van der Waals surface area contributed by atoms with Crippen LogP contribution in [0.25, 0.3) is 0 Å². The predicted octanol–water partition coefficient (Wildman–Crippen LogP) is 14.5. The van der Waals surface area contributed by atoms with Crippen molar-refractivity contribution in [3.8, 4) is 0 Å². The normalized spacial score (nSPS) is 14.9. The Hall–Kier alpha value is -2.32. The van der Waals surface area contributed by atoms with E-state index in [2.05, 4.69) is 104 Å². The summed E-state index contributed by atoms with van der Waals surface area (Å²) < 4.78 is 23.6. The molecule has 3 atom stereocenters. The molecule has 0 heterocycles. The molecule has 0 aromatic carbocycles. The monoisotopic (exact) mass is 888 g/mol. The van der Waals surface area contributed by atoms with Crippen LogP contribution in [0.3, 0.4) is 0 Å². The first-order chi connectivity index (χ1) is 30.0. The second kappa shape index (κ2) is 43.9. The molecule has 8 nitrogen and oxygen atoms in total. The number of carbonyl (C=O) groups excluding carboxylic acids is 1. The first kappa shape index (κ1) is 59.7. The van der Waals surface area contributed by atoms with Gasteiger partial charge in [-0.05, 0) is 70.6 Å². The van der Waals surface area contributed by atoms with E-state index in [4.69, 9.17) is 9.05 Å². The maximum atomic E-state index is 12.9. The van der Waals surface area contributed by atoms with Crippen molar-refractivity contribution in [1.29, 1.82) is 0 Å². The largest absolute Gasteiger partial charge is 0.472 e. The van der Waals surface area contributed by atoms with Crippen molar-refractivity contribution >= 4 is 13.7 Å². The van der Waals surface area contributed by atoms with Gasteiger partial charge < -0.3 is 19.8 Å². The Labute approximate surface area is 382 Å². The Bertz CT molecular complexity index is 1280. The zero-order valence-corrected chi connectivity index (χ0v) is 41.5. The highest BCUT2D eigenvalue weighted by Gasteiger charge is 2.28. The zero-order chi connectivity index (χ0) is 45.7. The van der Waals surface area contributed by atoms with E-state index in [1.807, 2.05) is 21.1 Å². The molecule has 0 spiro atoms. The lowest BCUT2D eigenvalue weighted by Gasteiger charge is -2.26. The van der Waals surface area contributed by atoms with Crippen LogP contribution in [0.2, 0.25) is 0 Å². The molecule has 0 rings (SSSR count). The molecule has 0 fully saturated rings. The van der Waals surface area contributed by atoms with E-state index in [-0.39, 0.29) is 19.1 Å². The zero-order valence-electron chi connectivity index (χ0n) is 40.6. The van der Waals surface area contributed by atoms with Crippen molar-refractivity contribution in [2.45, 2.75) is 206 Å². The van der Waals surface area contributed by atoms with Crippen LogP contribution in [0.15, 0.2) is 85.1 Å². The van der Waals surface area contributed by atoms with Crippen molar-refractivity contribution in [3.63, 3.8) is 0 Å². The van der Waals surface area contributed by atoms with Crippen LogP contribution in [-0.4, -0.2) is 73.4 Å². The van der Waals surface area contributed by atoms with Crippen LogP contribution in [0.5, 0.6) is 0 Å². The average Bonchev–Trinajstić information content (AvgIpc) is 3.23. The SMILES string of the molecule is CC/C=C\C/C=C\C/C=C\C/C=C\C/C=C\C/C=C\C/C=C\CCCCCCCCCCCC(=O)NC(COP(=O)(O)OCC[N+](C)(C)C)C(O)CCCCCCCCCCC. The number of unbranched alkanes of at least 4 members (excludes halogenated alkanes) is 17.